The van der Waals surface area contributed by atoms with Crippen LogP contribution < -0.4 is 0 Å². The standard InChI is InChI=1S/C10H14.CHF3.H2S/c1-10(2,3)9-7-5-4-6-8-9;2-1(3)4;/h4-8H,1-3H3;1H;1H2. The van der Waals surface area contributed by atoms with Crippen LogP contribution in [-0.4, -0.2) is 6.68 Å². The van der Waals surface area contributed by atoms with Crippen LogP contribution in [0.3, 0.4) is 0 Å². The minimum Gasteiger partial charge on any atom is -0.197 e. The fourth-order valence-electron chi connectivity index (χ4n) is 0.938. The lowest BCUT2D eigenvalue weighted by Crippen LogP contribution is -2.10. The Bertz CT molecular complexity index is 239. The molecule has 1 aromatic carbocycles. The molecular formula is C11H17F3S. The normalized spacial score (nSPS) is 10.1. The number of halogens is 3. The maximum Gasteiger partial charge on any atom is 0.379 e. The predicted octanol–water partition coefficient (Wildman–Crippen LogP) is 4.28. The van der Waals surface area contributed by atoms with E-state index < -0.39 is 6.68 Å². The minimum absolute atomic E-state index is 0. The molecule has 0 unspecified atom stereocenters. The molecule has 0 bridgehead atoms. The van der Waals surface area contributed by atoms with Gasteiger partial charge in [0.1, 0.15) is 0 Å². The minimum atomic E-state index is -3.67. The van der Waals surface area contributed by atoms with Crippen molar-refractivity contribution in [1.29, 1.82) is 0 Å². The van der Waals surface area contributed by atoms with E-state index in [0.717, 1.165) is 0 Å². The molecule has 0 aromatic heterocycles. The second-order valence-electron chi connectivity index (χ2n) is 3.86. The Morgan fingerprint density at radius 3 is 1.47 bits per heavy atom. The van der Waals surface area contributed by atoms with Crippen LogP contribution in [-0.2, 0) is 5.41 Å². The molecule has 0 nitrogen and oxygen atoms in total. The molecule has 15 heavy (non-hydrogen) atoms. The molecule has 0 spiro atoms. The first-order valence-electron chi connectivity index (χ1n) is 4.32. The van der Waals surface area contributed by atoms with Gasteiger partial charge in [-0.3, -0.25) is 0 Å². The van der Waals surface area contributed by atoms with E-state index in [0.29, 0.717) is 5.41 Å². The lowest BCUT2D eigenvalue weighted by molar-refractivity contribution is 0.00819. The van der Waals surface area contributed by atoms with Crippen molar-refractivity contribution in [3.8, 4) is 0 Å². The van der Waals surface area contributed by atoms with Gasteiger partial charge in [-0.15, -0.1) is 0 Å². The molecule has 0 aliphatic rings. The summed E-state index contributed by atoms with van der Waals surface area (Å²) < 4.78 is 29.0. The lowest BCUT2D eigenvalue weighted by atomic mass is 9.87. The van der Waals surface area contributed by atoms with Crippen LogP contribution in [0.15, 0.2) is 30.3 Å². The summed E-state index contributed by atoms with van der Waals surface area (Å²) in [5.41, 5.74) is 1.69. The third-order valence-electron chi connectivity index (χ3n) is 1.64. The first-order chi connectivity index (χ1) is 6.34. The Kier molecular flexibility index (Phi) is 8.53. The highest BCUT2D eigenvalue weighted by Crippen LogP contribution is 2.20. The van der Waals surface area contributed by atoms with Gasteiger partial charge in [-0.1, -0.05) is 51.1 Å². The van der Waals surface area contributed by atoms with Crippen LogP contribution in [0.4, 0.5) is 13.2 Å². The van der Waals surface area contributed by atoms with Crippen LogP contribution in [0.5, 0.6) is 0 Å². The first kappa shape index (κ1) is 16.8. The highest BCUT2D eigenvalue weighted by Gasteiger charge is 2.11. The van der Waals surface area contributed by atoms with Gasteiger partial charge in [0.2, 0.25) is 0 Å². The zero-order valence-corrected chi connectivity index (χ0v) is 10.1. The van der Waals surface area contributed by atoms with Gasteiger partial charge in [-0.2, -0.15) is 26.7 Å². The van der Waals surface area contributed by atoms with E-state index in [1.54, 1.807) is 0 Å². The molecule has 88 valence electrons. The smallest absolute Gasteiger partial charge is 0.197 e. The zero-order chi connectivity index (χ0) is 11.2. The molecular weight excluding hydrogens is 221 g/mol. The van der Waals surface area contributed by atoms with Crippen molar-refractivity contribution in [2.75, 3.05) is 0 Å². The van der Waals surface area contributed by atoms with E-state index in [1.165, 1.54) is 5.56 Å². The van der Waals surface area contributed by atoms with Gasteiger partial charge in [0, 0.05) is 0 Å². The molecule has 4 heteroatoms. The van der Waals surface area contributed by atoms with Crippen LogP contribution >= 0.6 is 13.5 Å². The molecule has 0 N–H and O–H groups in total. The molecule has 0 aliphatic heterocycles. The zero-order valence-electron chi connectivity index (χ0n) is 9.10. The Hall–Kier alpha value is -0.640. The van der Waals surface area contributed by atoms with Gasteiger partial charge in [0.25, 0.3) is 0 Å². The van der Waals surface area contributed by atoms with Crippen molar-refractivity contribution in [3.63, 3.8) is 0 Å². The maximum atomic E-state index is 9.67. The fourth-order valence-corrected chi connectivity index (χ4v) is 0.938. The van der Waals surface area contributed by atoms with Crippen LogP contribution in [0, 0.1) is 0 Å². The summed E-state index contributed by atoms with van der Waals surface area (Å²) in [7, 11) is 0. The number of benzene rings is 1. The molecule has 0 saturated heterocycles. The highest BCUT2D eigenvalue weighted by atomic mass is 32.1. The predicted molar refractivity (Wildman–Crippen MR) is 62.6 cm³/mol. The number of hydrogen-bond donors (Lipinski definition) is 0. The van der Waals surface area contributed by atoms with E-state index in [-0.39, 0.29) is 13.5 Å². The summed E-state index contributed by atoms with van der Waals surface area (Å²) in [6, 6.07) is 10.6. The van der Waals surface area contributed by atoms with Crippen molar-refractivity contribution in [1.82, 2.24) is 0 Å². The monoisotopic (exact) mass is 238 g/mol. The van der Waals surface area contributed by atoms with Crippen molar-refractivity contribution < 1.29 is 13.2 Å². The summed E-state index contributed by atoms with van der Waals surface area (Å²) in [6.07, 6.45) is 0. The van der Waals surface area contributed by atoms with Gasteiger partial charge >= 0.3 is 6.68 Å². The molecule has 0 saturated carbocycles. The van der Waals surface area contributed by atoms with E-state index in [9.17, 15) is 13.2 Å². The van der Waals surface area contributed by atoms with Gasteiger partial charge in [-0.25, -0.2) is 0 Å². The highest BCUT2D eigenvalue weighted by molar-refractivity contribution is 7.59. The molecule has 0 atom stereocenters. The number of alkyl halides is 3. The molecule has 0 fully saturated rings. The van der Waals surface area contributed by atoms with Gasteiger partial charge in [-0.05, 0) is 11.0 Å². The molecule has 0 radical (unpaired) electrons. The summed E-state index contributed by atoms with van der Waals surface area (Å²) >= 11 is 0. The van der Waals surface area contributed by atoms with E-state index in [2.05, 4.69) is 51.1 Å². The van der Waals surface area contributed by atoms with Crippen LogP contribution in [0.2, 0.25) is 0 Å². The molecule has 0 amide bonds. The lowest BCUT2D eigenvalue weighted by Gasteiger charge is -2.18. The quantitative estimate of drug-likeness (QED) is 0.633. The van der Waals surface area contributed by atoms with Crippen molar-refractivity contribution in [2.24, 2.45) is 0 Å². The second kappa shape index (κ2) is 7.63. The number of hydrogen-bond acceptors (Lipinski definition) is 0. The van der Waals surface area contributed by atoms with Crippen molar-refractivity contribution in [2.45, 2.75) is 32.9 Å². The van der Waals surface area contributed by atoms with E-state index in [4.69, 9.17) is 0 Å². The van der Waals surface area contributed by atoms with Crippen LogP contribution in [0.25, 0.3) is 0 Å². The SMILES string of the molecule is CC(C)(C)c1ccccc1.FC(F)F.S. The second-order valence-corrected chi connectivity index (χ2v) is 3.86. The Labute approximate surface area is 96.0 Å². The Morgan fingerprint density at radius 1 is 0.933 bits per heavy atom. The largest absolute Gasteiger partial charge is 0.379 e. The molecule has 1 aromatic rings. The third-order valence-corrected chi connectivity index (χ3v) is 1.64. The summed E-state index contributed by atoms with van der Waals surface area (Å²) in [5.74, 6) is 0. The molecule has 0 heterocycles. The number of rotatable bonds is 0. The van der Waals surface area contributed by atoms with Crippen molar-refractivity contribution in [3.05, 3.63) is 35.9 Å². The average molecular weight is 238 g/mol. The van der Waals surface area contributed by atoms with E-state index >= 15 is 0 Å². The molecule has 0 aliphatic carbocycles. The van der Waals surface area contributed by atoms with E-state index in [1.807, 2.05) is 0 Å². The Balaban J connectivity index is 0. The maximum absolute atomic E-state index is 9.67. The van der Waals surface area contributed by atoms with Crippen molar-refractivity contribution >= 4 is 13.5 Å². The Morgan fingerprint density at radius 2 is 1.27 bits per heavy atom. The fraction of sp³-hybridized carbons (Fsp3) is 0.455. The topological polar surface area (TPSA) is 0 Å². The summed E-state index contributed by atoms with van der Waals surface area (Å²) in [6.45, 7) is 3.01. The van der Waals surface area contributed by atoms with Gasteiger partial charge < -0.3 is 0 Å². The molecule has 1 rings (SSSR count). The first-order valence-corrected chi connectivity index (χ1v) is 4.32. The average Bonchev–Trinajstić information content (AvgIpc) is 2.03. The van der Waals surface area contributed by atoms with Gasteiger partial charge in [0.15, 0.2) is 0 Å². The van der Waals surface area contributed by atoms with Gasteiger partial charge in [0.05, 0.1) is 0 Å². The summed E-state index contributed by atoms with van der Waals surface area (Å²) in [5, 5.41) is 0. The summed E-state index contributed by atoms with van der Waals surface area (Å²) in [4.78, 5) is 0. The van der Waals surface area contributed by atoms with Crippen LogP contribution in [0.1, 0.15) is 26.3 Å². The third kappa shape index (κ3) is 9.66.